The van der Waals surface area contributed by atoms with E-state index in [4.69, 9.17) is 14.2 Å². The molecule has 7 nitrogen and oxygen atoms in total. The lowest BCUT2D eigenvalue weighted by molar-refractivity contribution is -0.114. The minimum atomic E-state index is -0.667. The van der Waals surface area contributed by atoms with E-state index in [0.29, 0.717) is 37.7 Å². The molecule has 0 radical (unpaired) electrons. The van der Waals surface area contributed by atoms with Crippen molar-refractivity contribution in [2.24, 2.45) is 4.99 Å². The lowest BCUT2D eigenvalue weighted by atomic mass is 9.92. The van der Waals surface area contributed by atoms with E-state index in [0.717, 1.165) is 22.4 Å². The van der Waals surface area contributed by atoms with Crippen molar-refractivity contribution >= 4 is 23.2 Å². The van der Waals surface area contributed by atoms with Crippen LogP contribution in [0.25, 0.3) is 6.08 Å². The second kappa shape index (κ2) is 10.4. The Morgan fingerprint density at radius 2 is 1.76 bits per heavy atom. The zero-order valence-corrected chi connectivity index (χ0v) is 23.3. The Kier molecular flexibility index (Phi) is 7.41. The summed E-state index contributed by atoms with van der Waals surface area (Å²) in [5.41, 5.74) is 4.55. The van der Waals surface area contributed by atoms with Gasteiger partial charge in [0.1, 0.15) is 17.2 Å². The Hall–Kier alpha value is -3.65. The van der Waals surface area contributed by atoms with Gasteiger partial charge in [-0.1, -0.05) is 25.2 Å². The fraction of sp³-hybridized carbons (Fsp3) is 0.345. The number of hydrogen-bond acceptors (Lipinski definition) is 7. The predicted molar refractivity (Wildman–Crippen MR) is 146 cm³/mol. The molecular weight excluding hydrogens is 488 g/mol. The molecule has 0 fully saturated rings. The zero-order valence-electron chi connectivity index (χ0n) is 22.5. The molecule has 0 unspecified atom stereocenters. The van der Waals surface area contributed by atoms with Gasteiger partial charge in [0.05, 0.1) is 31.9 Å². The smallest absolute Gasteiger partial charge is 0.271 e. The molecule has 1 aromatic heterocycles. The Morgan fingerprint density at radius 1 is 1.05 bits per heavy atom. The maximum atomic E-state index is 13.9. The second-order valence-electron chi connectivity index (χ2n) is 9.35. The molecule has 0 saturated carbocycles. The van der Waals surface area contributed by atoms with Gasteiger partial charge in [0, 0.05) is 22.9 Å². The number of ether oxygens (including phenoxy) is 3. The lowest BCUT2D eigenvalue weighted by Crippen LogP contribution is -2.39. The summed E-state index contributed by atoms with van der Waals surface area (Å²) < 4.78 is 18.7. The van der Waals surface area contributed by atoms with Crippen molar-refractivity contribution in [2.75, 3.05) is 21.3 Å². The van der Waals surface area contributed by atoms with E-state index in [9.17, 15) is 9.59 Å². The molecule has 1 aliphatic rings. The molecule has 37 heavy (non-hydrogen) atoms. The van der Waals surface area contributed by atoms with Gasteiger partial charge in [-0.3, -0.25) is 14.2 Å². The van der Waals surface area contributed by atoms with Crippen molar-refractivity contribution in [1.29, 1.82) is 0 Å². The van der Waals surface area contributed by atoms with Gasteiger partial charge >= 0.3 is 0 Å². The third-order valence-corrected chi connectivity index (χ3v) is 7.65. The number of nitrogens with zero attached hydrogens (tertiary/aromatic N) is 2. The highest BCUT2D eigenvalue weighted by atomic mass is 32.1. The Bertz CT molecular complexity index is 1590. The topological polar surface area (TPSA) is 79.1 Å². The van der Waals surface area contributed by atoms with Crippen LogP contribution in [0.1, 0.15) is 61.9 Å². The summed E-state index contributed by atoms with van der Waals surface area (Å²) in [6.45, 7) is 9.52. The van der Waals surface area contributed by atoms with Crippen LogP contribution < -0.4 is 29.1 Å². The summed E-state index contributed by atoms with van der Waals surface area (Å²) in [6.07, 6.45) is 1.90. The van der Waals surface area contributed by atoms with E-state index in [1.165, 1.54) is 18.3 Å². The molecule has 8 heteroatoms. The van der Waals surface area contributed by atoms with Gasteiger partial charge in [0.25, 0.3) is 5.56 Å². The number of carbonyl (C=O) groups is 1. The Morgan fingerprint density at radius 3 is 2.35 bits per heavy atom. The van der Waals surface area contributed by atoms with Gasteiger partial charge < -0.3 is 14.2 Å². The van der Waals surface area contributed by atoms with E-state index < -0.39 is 6.04 Å². The maximum absolute atomic E-state index is 13.9. The number of aryl methyl sites for hydroxylation is 1. The molecule has 1 atom stereocenters. The minimum absolute atomic E-state index is 0.147. The summed E-state index contributed by atoms with van der Waals surface area (Å²) in [5, 5.41) is 0. The number of fused-ring (bicyclic) bond motifs is 1. The molecule has 0 aliphatic carbocycles. The molecule has 2 aromatic carbocycles. The van der Waals surface area contributed by atoms with Gasteiger partial charge in [0.2, 0.25) is 0 Å². The summed E-state index contributed by atoms with van der Waals surface area (Å²) in [4.78, 5) is 31.9. The standard InChI is InChI=1S/C29H32N2O5S/c1-15(2)22-12-19(16(3)11-23(22)35-7)13-25-28(33)31-27(21-10-9-20(34-6)14-24(21)36-8)26(18(5)32)17(4)30-29(31)37-25/h9-15,27H,1-8H3/b25-13-/t27-/m1/s1. The van der Waals surface area contributed by atoms with Crippen molar-refractivity contribution in [1.82, 2.24) is 4.57 Å². The van der Waals surface area contributed by atoms with Crippen LogP contribution in [-0.2, 0) is 4.79 Å². The average molecular weight is 521 g/mol. The van der Waals surface area contributed by atoms with Crippen LogP contribution in [0.3, 0.4) is 0 Å². The maximum Gasteiger partial charge on any atom is 0.271 e. The highest BCUT2D eigenvalue weighted by Crippen LogP contribution is 2.37. The van der Waals surface area contributed by atoms with Gasteiger partial charge in [-0.2, -0.15) is 0 Å². The molecule has 4 rings (SSSR count). The van der Waals surface area contributed by atoms with E-state index in [1.54, 1.807) is 45.0 Å². The van der Waals surface area contributed by atoms with Crippen LogP contribution >= 0.6 is 11.3 Å². The summed E-state index contributed by atoms with van der Waals surface area (Å²) >= 11 is 1.31. The van der Waals surface area contributed by atoms with E-state index >= 15 is 0 Å². The first-order valence-electron chi connectivity index (χ1n) is 12.0. The summed E-state index contributed by atoms with van der Waals surface area (Å²) in [5.74, 6) is 2.09. The first kappa shape index (κ1) is 26.4. The van der Waals surface area contributed by atoms with Crippen LogP contribution in [0.2, 0.25) is 0 Å². The fourth-order valence-corrected chi connectivity index (χ4v) is 5.79. The van der Waals surface area contributed by atoms with Crippen LogP contribution in [0.15, 0.2) is 51.4 Å². The lowest BCUT2D eigenvalue weighted by Gasteiger charge is -2.26. The summed E-state index contributed by atoms with van der Waals surface area (Å²) in [6, 6.07) is 8.81. The van der Waals surface area contributed by atoms with Gasteiger partial charge in [-0.05, 0) is 73.7 Å². The van der Waals surface area contributed by atoms with E-state index in [-0.39, 0.29) is 17.3 Å². The van der Waals surface area contributed by atoms with Gasteiger partial charge in [0.15, 0.2) is 10.6 Å². The van der Waals surface area contributed by atoms with Crippen LogP contribution in [0.5, 0.6) is 17.2 Å². The SMILES string of the molecule is COc1ccc([C@@H]2C(C(C)=O)=C(C)N=c3s/c(=C\c4cc(C(C)C)c(OC)cc4C)c(=O)n32)c(OC)c1. The van der Waals surface area contributed by atoms with Crippen LogP contribution in [0.4, 0.5) is 0 Å². The molecule has 0 bridgehead atoms. The number of hydrogen-bond donors (Lipinski definition) is 0. The first-order chi connectivity index (χ1) is 17.6. The molecule has 0 amide bonds. The quantitative estimate of drug-likeness (QED) is 0.465. The van der Waals surface area contributed by atoms with Crippen molar-refractivity contribution in [3.05, 3.63) is 83.5 Å². The molecule has 0 N–H and O–H groups in total. The van der Waals surface area contributed by atoms with Crippen LogP contribution in [0, 0.1) is 6.92 Å². The third kappa shape index (κ3) is 4.73. The van der Waals surface area contributed by atoms with Crippen molar-refractivity contribution in [3.8, 4) is 17.2 Å². The number of aromatic nitrogens is 1. The fourth-order valence-electron chi connectivity index (χ4n) is 4.75. The normalized spacial score (nSPS) is 15.5. The Balaban J connectivity index is 1.99. The molecular formula is C29H32N2O5S. The summed E-state index contributed by atoms with van der Waals surface area (Å²) in [7, 11) is 4.81. The number of benzene rings is 2. The van der Waals surface area contributed by atoms with Crippen molar-refractivity contribution < 1.29 is 19.0 Å². The number of Topliss-reactive ketones (excluding diaryl/α,β-unsaturated/α-hetero) is 1. The monoisotopic (exact) mass is 520 g/mol. The minimum Gasteiger partial charge on any atom is -0.497 e. The molecule has 2 heterocycles. The molecule has 1 aliphatic heterocycles. The van der Waals surface area contributed by atoms with Gasteiger partial charge in [-0.25, -0.2) is 4.99 Å². The van der Waals surface area contributed by atoms with E-state index in [1.807, 2.05) is 25.1 Å². The average Bonchev–Trinajstić information content (AvgIpc) is 3.17. The first-order valence-corrected chi connectivity index (χ1v) is 12.9. The molecule has 3 aromatic rings. The molecule has 0 spiro atoms. The van der Waals surface area contributed by atoms with Crippen molar-refractivity contribution in [3.63, 3.8) is 0 Å². The van der Waals surface area contributed by atoms with Gasteiger partial charge in [-0.15, -0.1) is 0 Å². The Labute approximate surface area is 220 Å². The highest BCUT2D eigenvalue weighted by Gasteiger charge is 2.32. The van der Waals surface area contributed by atoms with Crippen LogP contribution in [-0.4, -0.2) is 31.7 Å². The second-order valence-corrected chi connectivity index (χ2v) is 10.4. The predicted octanol–water partition coefficient (Wildman–Crippen LogP) is 4.28. The number of rotatable bonds is 7. The number of allylic oxidation sites excluding steroid dienone is 2. The number of carbonyl (C=O) groups excluding carboxylic acids is 1. The number of methoxy groups -OCH3 is 3. The zero-order chi connectivity index (χ0) is 27.0. The van der Waals surface area contributed by atoms with Crippen molar-refractivity contribution in [2.45, 2.75) is 46.6 Å². The largest absolute Gasteiger partial charge is 0.497 e. The third-order valence-electron chi connectivity index (χ3n) is 6.66. The molecule has 0 saturated heterocycles. The number of thiazole rings is 1. The molecule has 194 valence electrons. The highest BCUT2D eigenvalue weighted by molar-refractivity contribution is 7.07. The van der Waals surface area contributed by atoms with E-state index in [2.05, 4.69) is 24.9 Å². The number of ketones is 1.